The van der Waals surface area contributed by atoms with Crippen LogP contribution in [0.2, 0.25) is 0 Å². The highest BCUT2D eigenvalue weighted by molar-refractivity contribution is 5.36. The number of nitrogens with zero attached hydrogens (tertiary/aromatic N) is 1. The first-order valence-corrected chi connectivity index (χ1v) is 6.21. The molecule has 1 unspecified atom stereocenters. The van der Waals surface area contributed by atoms with Gasteiger partial charge >= 0.3 is 0 Å². The lowest BCUT2D eigenvalue weighted by Crippen LogP contribution is -2.08. The van der Waals surface area contributed by atoms with Gasteiger partial charge in [0.25, 0.3) is 0 Å². The van der Waals surface area contributed by atoms with Gasteiger partial charge in [0.15, 0.2) is 5.76 Å². The predicted molar refractivity (Wildman–Crippen MR) is 70.6 cm³/mol. The monoisotopic (exact) mass is 280 g/mol. The molecule has 0 aliphatic rings. The van der Waals surface area contributed by atoms with E-state index in [0.717, 1.165) is 5.56 Å². The summed E-state index contributed by atoms with van der Waals surface area (Å²) < 4.78 is 28.8. The SMILES string of the molecule is COCc1cc(COc2cc(F)ccc2C(C)N)no1. The van der Waals surface area contributed by atoms with Crippen LogP contribution in [0, 0.1) is 5.82 Å². The van der Waals surface area contributed by atoms with E-state index in [9.17, 15) is 4.39 Å². The fraction of sp³-hybridized carbons (Fsp3) is 0.357. The van der Waals surface area contributed by atoms with E-state index in [1.54, 1.807) is 19.2 Å². The van der Waals surface area contributed by atoms with Gasteiger partial charge in [-0.05, 0) is 13.0 Å². The lowest BCUT2D eigenvalue weighted by atomic mass is 10.1. The molecule has 1 aromatic heterocycles. The number of hydrogen-bond acceptors (Lipinski definition) is 5. The van der Waals surface area contributed by atoms with Gasteiger partial charge in [0.1, 0.15) is 30.5 Å². The Bertz CT molecular complexity index is 569. The molecule has 1 heterocycles. The minimum Gasteiger partial charge on any atom is -0.487 e. The highest BCUT2D eigenvalue weighted by atomic mass is 19.1. The first kappa shape index (κ1) is 14.5. The van der Waals surface area contributed by atoms with Crippen molar-refractivity contribution < 1.29 is 18.4 Å². The molecule has 2 rings (SSSR count). The molecule has 0 bridgehead atoms. The second-order valence-electron chi connectivity index (χ2n) is 4.48. The third-order valence-corrected chi connectivity index (χ3v) is 2.74. The van der Waals surface area contributed by atoms with Crippen molar-refractivity contribution in [2.24, 2.45) is 5.73 Å². The van der Waals surface area contributed by atoms with Gasteiger partial charge in [-0.25, -0.2) is 4.39 Å². The van der Waals surface area contributed by atoms with Gasteiger partial charge in [0.05, 0.1) is 0 Å². The maximum absolute atomic E-state index is 13.3. The first-order chi connectivity index (χ1) is 9.60. The number of methoxy groups -OCH3 is 1. The fourth-order valence-electron chi connectivity index (χ4n) is 1.80. The molecule has 2 aromatic rings. The van der Waals surface area contributed by atoms with Crippen molar-refractivity contribution in [1.82, 2.24) is 5.16 Å². The van der Waals surface area contributed by atoms with Crippen LogP contribution in [0.4, 0.5) is 4.39 Å². The molecular weight excluding hydrogens is 263 g/mol. The molecule has 0 radical (unpaired) electrons. The van der Waals surface area contributed by atoms with Crippen LogP contribution in [0.15, 0.2) is 28.8 Å². The minimum atomic E-state index is -0.371. The third kappa shape index (κ3) is 3.55. The molecule has 1 atom stereocenters. The molecule has 0 saturated heterocycles. The molecule has 20 heavy (non-hydrogen) atoms. The van der Waals surface area contributed by atoms with Crippen molar-refractivity contribution in [2.75, 3.05) is 7.11 Å². The summed E-state index contributed by atoms with van der Waals surface area (Å²) in [4.78, 5) is 0. The van der Waals surface area contributed by atoms with Crippen molar-refractivity contribution in [3.63, 3.8) is 0 Å². The molecule has 5 nitrogen and oxygen atoms in total. The van der Waals surface area contributed by atoms with Crippen molar-refractivity contribution in [3.8, 4) is 5.75 Å². The maximum Gasteiger partial charge on any atom is 0.162 e. The largest absolute Gasteiger partial charge is 0.487 e. The topological polar surface area (TPSA) is 70.5 Å². The van der Waals surface area contributed by atoms with Crippen LogP contribution in [-0.2, 0) is 18.0 Å². The zero-order chi connectivity index (χ0) is 14.5. The number of hydrogen-bond donors (Lipinski definition) is 1. The second-order valence-corrected chi connectivity index (χ2v) is 4.48. The zero-order valence-electron chi connectivity index (χ0n) is 11.4. The lowest BCUT2D eigenvalue weighted by molar-refractivity contribution is 0.155. The molecule has 6 heteroatoms. The summed E-state index contributed by atoms with van der Waals surface area (Å²) in [7, 11) is 1.57. The molecular formula is C14H17FN2O3. The summed E-state index contributed by atoms with van der Waals surface area (Å²) >= 11 is 0. The molecule has 1 aromatic carbocycles. The van der Waals surface area contributed by atoms with Crippen LogP contribution in [0.5, 0.6) is 5.75 Å². The third-order valence-electron chi connectivity index (χ3n) is 2.74. The molecule has 108 valence electrons. The van der Waals surface area contributed by atoms with Crippen LogP contribution in [0.25, 0.3) is 0 Å². The van der Waals surface area contributed by atoms with E-state index in [0.29, 0.717) is 23.8 Å². The Morgan fingerprint density at radius 2 is 2.15 bits per heavy atom. The number of nitrogens with two attached hydrogens (primary N) is 1. The van der Waals surface area contributed by atoms with E-state index in [1.807, 2.05) is 6.92 Å². The Hall–Kier alpha value is -1.92. The summed E-state index contributed by atoms with van der Waals surface area (Å²) in [6.07, 6.45) is 0. The van der Waals surface area contributed by atoms with Gasteiger partial charge in [-0.15, -0.1) is 0 Å². The summed E-state index contributed by atoms with van der Waals surface area (Å²) in [5.74, 6) is 0.652. The number of aromatic nitrogens is 1. The number of rotatable bonds is 6. The molecule has 0 aliphatic heterocycles. The van der Waals surface area contributed by atoms with E-state index in [2.05, 4.69) is 5.16 Å². The Balaban J connectivity index is 2.07. The van der Waals surface area contributed by atoms with Crippen molar-refractivity contribution in [1.29, 1.82) is 0 Å². The summed E-state index contributed by atoms with van der Waals surface area (Å²) in [5.41, 5.74) is 7.17. The van der Waals surface area contributed by atoms with Gasteiger partial charge in [-0.2, -0.15) is 0 Å². The van der Waals surface area contributed by atoms with Crippen LogP contribution >= 0.6 is 0 Å². The fourth-order valence-corrected chi connectivity index (χ4v) is 1.80. The summed E-state index contributed by atoms with van der Waals surface area (Å²) in [6, 6.07) is 5.78. The number of halogens is 1. The molecule has 0 aliphatic carbocycles. The maximum atomic E-state index is 13.3. The summed E-state index contributed by atoms with van der Waals surface area (Å²) in [5, 5.41) is 3.84. The molecule has 0 spiro atoms. The van der Waals surface area contributed by atoms with E-state index in [1.165, 1.54) is 12.1 Å². The second kappa shape index (κ2) is 6.49. The van der Waals surface area contributed by atoms with E-state index in [-0.39, 0.29) is 18.5 Å². The number of benzene rings is 1. The molecule has 2 N–H and O–H groups in total. The summed E-state index contributed by atoms with van der Waals surface area (Å²) in [6.45, 7) is 2.33. The van der Waals surface area contributed by atoms with Crippen LogP contribution in [0.3, 0.4) is 0 Å². The van der Waals surface area contributed by atoms with Crippen LogP contribution in [0.1, 0.15) is 30.0 Å². The number of ether oxygens (including phenoxy) is 2. The van der Waals surface area contributed by atoms with Gasteiger partial charge in [0.2, 0.25) is 0 Å². The van der Waals surface area contributed by atoms with Crippen molar-refractivity contribution in [2.45, 2.75) is 26.2 Å². The smallest absolute Gasteiger partial charge is 0.162 e. The first-order valence-electron chi connectivity index (χ1n) is 6.21. The van der Waals surface area contributed by atoms with Gasteiger partial charge in [-0.3, -0.25) is 0 Å². The van der Waals surface area contributed by atoms with Crippen molar-refractivity contribution >= 4 is 0 Å². The standard InChI is InChI=1S/C14H17FN2O3/c1-9(16)13-4-3-10(15)5-14(13)19-7-11-6-12(8-18-2)20-17-11/h3-6,9H,7-8,16H2,1-2H3. The van der Waals surface area contributed by atoms with E-state index < -0.39 is 0 Å². The highest BCUT2D eigenvalue weighted by Crippen LogP contribution is 2.25. The Labute approximate surface area is 116 Å². The Morgan fingerprint density at radius 1 is 1.35 bits per heavy atom. The molecule has 0 amide bonds. The van der Waals surface area contributed by atoms with Gasteiger partial charge < -0.3 is 19.7 Å². The van der Waals surface area contributed by atoms with Crippen molar-refractivity contribution in [3.05, 3.63) is 47.1 Å². The van der Waals surface area contributed by atoms with E-state index >= 15 is 0 Å². The van der Waals surface area contributed by atoms with Gasteiger partial charge in [0, 0.05) is 30.8 Å². The molecule has 0 saturated carbocycles. The zero-order valence-corrected chi connectivity index (χ0v) is 11.4. The Kier molecular flexibility index (Phi) is 4.70. The van der Waals surface area contributed by atoms with Gasteiger partial charge in [-0.1, -0.05) is 11.2 Å². The molecule has 0 fully saturated rings. The highest BCUT2D eigenvalue weighted by Gasteiger charge is 2.11. The quantitative estimate of drug-likeness (QED) is 0.880. The van der Waals surface area contributed by atoms with E-state index in [4.69, 9.17) is 19.7 Å². The average Bonchev–Trinajstić information content (AvgIpc) is 2.84. The van der Waals surface area contributed by atoms with Crippen LogP contribution < -0.4 is 10.5 Å². The average molecular weight is 280 g/mol. The minimum absolute atomic E-state index is 0.177. The normalized spacial score (nSPS) is 12.4. The van der Waals surface area contributed by atoms with Crippen LogP contribution in [-0.4, -0.2) is 12.3 Å². The lowest BCUT2D eigenvalue weighted by Gasteiger charge is -2.13. The Morgan fingerprint density at radius 3 is 2.85 bits per heavy atom. The predicted octanol–water partition coefficient (Wildman–Crippen LogP) is 2.56.